The van der Waals surface area contributed by atoms with Crippen LogP contribution < -0.4 is 20.4 Å². The third-order valence-electron chi connectivity index (χ3n) is 4.79. The molecule has 0 aliphatic rings. The van der Waals surface area contributed by atoms with Crippen molar-refractivity contribution >= 4 is 49.9 Å². The summed E-state index contributed by atoms with van der Waals surface area (Å²) in [7, 11) is -3.99. The average molecular weight is 499 g/mol. The largest absolute Gasteiger partial charge is 0.494 e. The quantitative estimate of drug-likeness (QED) is 0.350. The smallest absolute Gasteiger partial charge is 0.336 e. The maximum atomic E-state index is 12.9. The normalized spacial score (nSPS) is 11.2. The molecule has 174 valence electrons. The summed E-state index contributed by atoms with van der Waals surface area (Å²) in [6, 6.07) is 17.9. The van der Waals surface area contributed by atoms with Gasteiger partial charge in [0, 0.05) is 22.8 Å². The van der Waals surface area contributed by atoms with Gasteiger partial charge in [-0.1, -0.05) is 11.6 Å². The van der Waals surface area contributed by atoms with E-state index in [1.807, 2.05) is 6.92 Å². The number of hydrogen-bond donors (Lipinski definition) is 2. The van der Waals surface area contributed by atoms with Gasteiger partial charge in [-0.05, 0) is 73.7 Å². The van der Waals surface area contributed by atoms with Gasteiger partial charge in [0.2, 0.25) is 0 Å². The van der Waals surface area contributed by atoms with E-state index < -0.39 is 21.6 Å². The predicted molar refractivity (Wildman–Crippen MR) is 130 cm³/mol. The lowest BCUT2D eigenvalue weighted by Gasteiger charge is -2.12. The van der Waals surface area contributed by atoms with Crippen LogP contribution in [0, 0.1) is 0 Å². The van der Waals surface area contributed by atoms with Gasteiger partial charge < -0.3 is 14.5 Å². The first kappa shape index (κ1) is 23.3. The lowest BCUT2D eigenvalue weighted by molar-refractivity contribution is 0.102. The Morgan fingerprint density at radius 2 is 1.71 bits per heavy atom. The second-order valence-corrected chi connectivity index (χ2v) is 9.26. The summed E-state index contributed by atoms with van der Waals surface area (Å²) < 4.78 is 38.7. The second-order valence-electron chi connectivity index (χ2n) is 7.17. The van der Waals surface area contributed by atoms with Gasteiger partial charge in [0.05, 0.1) is 22.1 Å². The fourth-order valence-electron chi connectivity index (χ4n) is 3.19. The van der Waals surface area contributed by atoms with Crippen LogP contribution in [0.15, 0.2) is 86.9 Å². The van der Waals surface area contributed by atoms with Crippen LogP contribution in [-0.4, -0.2) is 20.9 Å². The lowest BCUT2D eigenvalue weighted by Crippen LogP contribution is -2.16. The van der Waals surface area contributed by atoms with Crippen LogP contribution in [0.3, 0.4) is 0 Å². The monoisotopic (exact) mass is 498 g/mol. The van der Waals surface area contributed by atoms with Gasteiger partial charge in [-0.2, -0.15) is 0 Å². The van der Waals surface area contributed by atoms with Crippen LogP contribution in [0.2, 0.25) is 5.02 Å². The number of fused-ring (bicyclic) bond motifs is 1. The molecule has 4 aromatic rings. The minimum absolute atomic E-state index is 0.0177. The number of sulfonamides is 1. The van der Waals surface area contributed by atoms with E-state index in [0.29, 0.717) is 34.7 Å². The van der Waals surface area contributed by atoms with Gasteiger partial charge in [0.15, 0.2) is 0 Å². The molecule has 1 aromatic heterocycles. The van der Waals surface area contributed by atoms with Crippen molar-refractivity contribution in [2.24, 2.45) is 0 Å². The zero-order valence-electron chi connectivity index (χ0n) is 17.9. The summed E-state index contributed by atoms with van der Waals surface area (Å²) in [4.78, 5) is 24.1. The molecular weight excluding hydrogens is 480 g/mol. The zero-order valence-corrected chi connectivity index (χ0v) is 19.4. The van der Waals surface area contributed by atoms with Crippen LogP contribution in [-0.2, 0) is 10.0 Å². The van der Waals surface area contributed by atoms with E-state index in [2.05, 4.69) is 10.0 Å². The molecule has 0 unspecified atom stereocenters. The molecule has 0 atom stereocenters. The molecule has 3 aromatic carbocycles. The number of carbonyl (C=O) groups excluding carboxylic acids is 1. The van der Waals surface area contributed by atoms with E-state index in [1.54, 1.807) is 48.5 Å². The van der Waals surface area contributed by atoms with Crippen molar-refractivity contribution in [3.05, 3.63) is 93.8 Å². The fourth-order valence-corrected chi connectivity index (χ4v) is 4.48. The van der Waals surface area contributed by atoms with Crippen molar-refractivity contribution in [1.29, 1.82) is 0 Å². The molecule has 10 heteroatoms. The molecule has 0 radical (unpaired) electrons. The van der Waals surface area contributed by atoms with E-state index in [0.717, 1.165) is 0 Å². The molecule has 2 N–H and O–H groups in total. The number of hydrogen-bond acceptors (Lipinski definition) is 6. The Balaban J connectivity index is 1.56. The number of carbonyl (C=O) groups is 1. The number of amides is 1. The second kappa shape index (κ2) is 9.58. The summed E-state index contributed by atoms with van der Waals surface area (Å²) in [6.07, 6.45) is 0. The van der Waals surface area contributed by atoms with Crippen LogP contribution in [0.5, 0.6) is 5.75 Å². The average Bonchev–Trinajstić information content (AvgIpc) is 2.80. The van der Waals surface area contributed by atoms with Crippen molar-refractivity contribution < 1.29 is 22.4 Å². The Morgan fingerprint density at radius 1 is 0.971 bits per heavy atom. The number of halogens is 1. The number of rotatable bonds is 7. The van der Waals surface area contributed by atoms with E-state index >= 15 is 0 Å². The molecule has 0 saturated carbocycles. The summed E-state index contributed by atoms with van der Waals surface area (Å²) >= 11 is 6.19. The van der Waals surface area contributed by atoms with Crippen LogP contribution in [0.4, 0.5) is 11.4 Å². The number of benzene rings is 3. The molecule has 4 rings (SSSR count). The predicted octanol–water partition coefficient (Wildman–Crippen LogP) is 4.90. The Kier molecular flexibility index (Phi) is 6.58. The Labute approximate surface area is 200 Å². The van der Waals surface area contributed by atoms with E-state index in [9.17, 15) is 18.0 Å². The topological polar surface area (TPSA) is 115 Å². The first-order chi connectivity index (χ1) is 16.2. The Morgan fingerprint density at radius 3 is 2.44 bits per heavy atom. The highest BCUT2D eigenvalue weighted by atomic mass is 35.5. The highest BCUT2D eigenvalue weighted by Crippen LogP contribution is 2.25. The van der Waals surface area contributed by atoms with Crippen molar-refractivity contribution in [2.45, 2.75) is 11.8 Å². The van der Waals surface area contributed by atoms with E-state index in [-0.39, 0.29) is 15.5 Å². The van der Waals surface area contributed by atoms with Gasteiger partial charge in [0.25, 0.3) is 15.9 Å². The summed E-state index contributed by atoms with van der Waals surface area (Å²) in [5.74, 6) is 0.0200. The third-order valence-corrected chi connectivity index (χ3v) is 6.50. The lowest BCUT2D eigenvalue weighted by atomic mass is 10.2. The molecule has 0 fully saturated rings. The molecule has 0 spiro atoms. The van der Waals surface area contributed by atoms with Gasteiger partial charge >= 0.3 is 5.63 Å². The van der Waals surface area contributed by atoms with Crippen molar-refractivity contribution in [3.63, 3.8) is 0 Å². The number of anilines is 2. The zero-order chi connectivity index (χ0) is 24.3. The molecule has 0 aliphatic carbocycles. The maximum Gasteiger partial charge on any atom is 0.336 e. The van der Waals surface area contributed by atoms with Crippen LogP contribution in [0.25, 0.3) is 11.0 Å². The van der Waals surface area contributed by atoms with Gasteiger partial charge in [-0.15, -0.1) is 0 Å². The number of ether oxygens (including phenoxy) is 1. The summed E-state index contributed by atoms with van der Waals surface area (Å²) in [5.41, 5.74) is 0.635. The van der Waals surface area contributed by atoms with Gasteiger partial charge in [-0.3, -0.25) is 9.52 Å². The van der Waals surface area contributed by atoms with Gasteiger partial charge in [-0.25, -0.2) is 13.2 Å². The first-order valence-electron chi connectivity index (χ1n) is 10.2. The van der Waals surface area contributed by atoms with Gasteiger partial charge in [0.1, 0.15) is 11.3 Å². The number of nitrogens with one attached hydrogen (secondary N) is 2. The van der Waals surface area contributed by atoms with Crippen molar-refractivity contribution in [1.82, 2.24) is 0 Å². The minimum Gasteiger partial charge on any atom is -0.494 e. The Hall–Kier alpha value is -3.82. The highest BCUT2D eigenvalue weighted by Gasteiger charge is 2.19. The minimum atomic E-state index is -3.99. The van der Waals surface area contributed by atoms with Crippen molar-refractivity contribution in [2.75, 3.05) is 16.6 Å². The van der Waals surface area contributed by atoms with Crippen LogP contribution >= 0.6 is 11.6 Å². The molecular formula is C24H19ClN2O6S. The van der Waals surface area contributed by atoms with Crippen molar-refractivity contribution in [3.8, 4) is 5.75 Å². The molecule has 0 saturated heterocycles. The molecule has 0 aliphatic heterocycles. The summed E-state index contributed by atoms with van der Waals surface area (Å²) in [5, 5.41) is 3.38. The maximum absolute atomic E-state index is 12.9. The molecule has 8 nitrogen and oxygen atoms in total. The summed E-state index contributed by atoms with van der Waals surface area (Å²) in [6.45, 7) is 2.35. The molecule has 1 heterocycles. The Bertz CT molecular complexity index is 1530. The highest BCUT2D eigenvalue weighted by molar-refractivity contribution is 7.92. The third kappa shape index (κ3) is 5.22. The SMILES string of the molecule is CCOc1ccc(NS(=O)(=O)c2ccc(Cl)c(C(=O)Nc3ccc4oc(=O)ccc4c3)c2)cc1. The van der Waals surface area contributed by atoms with E-state index in [4.69, 9.17) is 20.8 Å². The molecule has 1 amide bonds. The van der Waals surface area contributed by atoms with E-state index in [1.165, 1.54) is 24.3 Å². The fraction of sp³-hybridized carbons (Fsp3) is 0.0833. The van der Waals surface area contributed by atoms with Crippen LogP contribution in [0.1, 0.15) is 17.3 Å². The molecule has 34 heavy (non-hydrogen) atoms. The first-order valence-corrected chi connectivity index (χ1v) is 12.0. The molecule has 0 bridgehead atoms. The standard InChI is InChI=1S/C24H19ClN2O6S/c1-2-32-18-7-4-16(5-8-18)27-34(30,31)19-9-10-21(25)20(14-19)24(29)26-17-6-11-22-15(13-17)3-12-23(28)33-22/h3-14,27H,2H2,1H3,(H,26,29).